The molecule has 4 rings (SSSR count). The van der Waals surface area contributed by atoms with Crippen molar-refractivity contribution in [3.05, 3.63) is 60.2 Å². The van der Waals surface area contributed by atoms with E-state index in [2.05, 4.69) is 15.7 Å². The number of amides is 1. The van der Waals surface area contributed by atoms with Gasteiger partial charge >= 0.3 is 6.18 Å². The molecule has 0 saturated heterocycles. The minimum Gasteiger partial charge on any atom is -0.494 e. The van der Waals surface area contributed by atoms with Crippen LogP contribution in [0.3, 0.4) is 0 Å². The number of rotatable bonds is 5. The monoisotopic (exact) mass is 420 g/mol. The van der Waals surface area contributed by atoms with E-state index in [1.807, 2.05) is 6.92 Å². The molecule has 7 nitrogen and oxygen atoms in total. The number of nitrogens with one attached hydrogen (secondary N) is 2. The van der Waals surface area contributed by atoms with Crippen LogP contribution in [-0.4, -0.2) is 28.5 Å². The smallest absolute Gasteiger partial charge is 0.410 e. The van der Waals surface area contributed by atoms with Crippen molar-refractivity contribution in [3.8, 4) is 5.75 Å². The van der Waals surface area contributed by atoms with Gasteiger partial charge in [0.1, 0.15) is 17.3 Å². The number of hydrogen-bond donors (Lipinski definition) is 2. The van der Waals surface area contributed by atoms with Gasteiger partial charge in [-0.25, -0.2) is 4.68 Å². The predicted molar refractivity (Wildman–Crippen MR) is 103 cm³/mol. The molecule has 1 aliphatic rings. The Morgan fingerprint density at radius 1 is 1.33 bits per heavy atom. The first-order valence-corrected chi connectivity index (χ1v) is 9.35. The zero-order valence-electron chi connectivity index (χ0n) is 15.9. The van der Waals surface area contributed by atoms with E-state index in [9.17, 15) is 18.0 Å². The fourth-order valence-electron chi connectivity index (χ4n) is 3.36. The molecular formula is C20H19F3N4O3. The zero-order chi connectivity index (χ0) is 21.3. The van der Waals surface area contributed by atoms with Gasteiger partial charge in [-0.1, -0.05) is 0 Å². The molecule has 0 saturated carbocycles. The highest BCUT2D eigenvalue weighted by molar-refractivity contribution is 6.03. The lowest BCUT2D eigenvalue weighted by Gasteiger charge is -2.32. The summed E-state index contributed by atoms with van der Waals surface area (Å²) in [5.41, 5.74) is 0.351. The van der Waals surface area contributed by atoms with Crippen molar-refractivity contribution in [3.63, 3.8) is 0 Å². The van der Waals surface area contributed by atoms with Gasteiger partial charge in [-0.3, -0.25) is 4.79 Å². The number of benzene rings is 1. The summed E-state index contributed by atoms with van der Waals surface area (Å²) in [4.78, 5) is 12.6. The molecular weight excluding hydrogens is 401 g/mol. The Morgan fingerprint density at radius 2 is 2.10 bits per heavy atom. The second-order valence-corrected chi connectivity index (χ2v) is 6.78. The maximum absolute atomic E-state index is 13.7. The standard InChI is InChI=1S/C20H19F3N4O3/c1-2-29-13-7-5-12(6-8-13)24-19(28)15-11-18-25-14(16-4-3-9-30-16)10-17(20(21,22)23)27(18)26-15/h3-9,11,14,17,25H,2,10H2,1H3,(H,24,28)/t14-,17-/m1/s1. The van der Waals surface area contributed by atoms with E-state index in [0.717, 1.165) is 4.68 Å². The third-order valence-corrected chi connectivity index (χ3v) is 4.73. The van der Waals surface area contributed by atoms with Crippen molar-refractivity contribution in [1.82, 2.24) is 9.78 Å². The summed E-state index contributed by atoms with van der Waals surface area (Å²) in [5, 5.41) is 9.53. The third-order valence-electron chi connectivity index (χ3n) is 4.73. The maximum atomic E-state index is 13.7. The minimum absolute atomic E-state index is 0.0989. The number of alkyl halides is 3. The lowest BCUT2D eigenvalue weighted by molar-refractivity contribution is -0.174. The highest BCUT2D eigenvalue weighted by Crippen LogP contribution is 2.43. The largest absolute Gasteiger partial charge is 0.494 e. The van der Waals surface area contributed by atoms with Gasteiger partial charge in [0.25, 0.3) is 5.91 Å². The van der Waals surface area contributed by atoms with E-state index in [4.69, 9.17) is 9.15 Å². The molecule has 10 heteroatoms. The van der Waals surface area contributed by atoms with Crippen molar-refractivity contribution in [2.75, 3.05) is 17.2 Å². The van der Waals surface area contributed by atoms with Crippen LogP contribution in [0.2, 0.25) is 0 Å². The van der Waals surface area contributed by atoms with Crippen molar-refractivity contribution in [2.45, 2.75) is 31.6 Å². The lowest BCUT2D eigenvalue weighted by atomic mass is 10.0. The van der Waals surface area contributed by atoms with Gasteiger partial charge in [0, 0.05) is 18.2 Å². The third kappa shape index (κ3) is 3.98. The van der Waals surface area contributed by atoms with E-state index in [1.165, 1.54) is 12.3 Å². The predicted octanol–water partition coefficient (Wildman–Crippen LogP) is 4.79. The van der Waals surface area contributed by atoms with Gasteiger partial charge in [-0.05, 0) is 43.3 Å². The van der Waals surface area contributed by atoms with E-state index in [-0.39, 0.29) is 17.9 Å². The average Bonchev–Trinajstić information content (AvgIpc) is 3.38. The highest BCUT2D eigenvalue weighted by Gasteiger charge is 2.47. The van der Waals surface area contributed by atoms with Crippen LogP contribution in [-0.2, 0) is 0 Å². The molecule has 3 heterocycles. The van der Waals surface area contributed by atoms with Crippen molar-refractivity contribution < 1.29 is 27.1 Å². The summed E-state index contributed by atoms with van der Waals surface area (Å²) >= 11 is 0. The Hall–Kier alpha value is -3.43. The maximum Gasteiger partial charge on any atom is 0.410 e. The van der Waals surface area contributed by atoms with E-state index in [1.54, 1.807) is 36.4 Å². The van der Waals surface area contributed by atoms with Crippen LogP contribution in [0.1, 0.15) is 41.7 Å². The molecule has 2 aromatic heterocycles. The van der Waals surface area contributed by atoms with Gasteiger partial charge in [0.2, 0.25) is 0 Å². The van der Waals surface area contributed by atoms with E-state index < -0.39 is 24.2 Å². The Morgan fingerprint density at radius 3 is 2.73 bits per heavy atom. The summed E-state index contributed by atoms with van der Waals surface area (Å²) in [6.07, 6.45) is -3.43. The zero-order valence-corrected chi connectivity index (χ0v) is 15.9. The molecule has 2 atom stereocenters. The molecule has 1 aliphatic heterocycles. The highest BCUT2D eigenvalue weighted by atomic mass is 19.4. The van der Waals surface area contributed by atoms with Gasteiger partial charge < -0.3 is 19.8 Å². The number of halogens is 3. The Balaban J connectivity index is 1.57. The molecule has 0 radical (unpaired) electrons. The minimum atomic E-state index is -4.53. The summed E-state index contributed by atoms with van der Waals surface area (Å²) in [6.45, 7) is 2.37. The summed E-state index contributed by atoms with van der Waals surface area (Å²) < 4.78 is 52.4. The Kier molecular flexibility index (Phi) is 5.15. The molecule has 0 fully saturated rings. The van der Waals surface area contributed by atoms with Crippen LogP contribution in [0, 0.1) is 0 Å². The quantitative estimate of drug-likeness (QED) is 0.621. The number of carbonyl (C=O) groups excluding carboxylic acids is 1. The molecule has 0 bridgehead atoms. The number of carbonyl (C=O) groups is 1. The fourth-order valence-corrected chi connectivity index (χ4v) is 3.36. The molecule has 0 unspecified atom stereocenters. The second kappa shape index (κ2) is 7.77. The molecule has 0 aliphatic carbocycles. The van der Waals surface area contributed by atoms with E-state index >= 15 is 0 Å². The van der Waals surface area contributed by atoms with Gasteiger partial charge in [0.05, 0.1) is 18.9 Å². The average molecular weight is 420 g/mol. The van der Waals surface area contributed by atoms with Crippen LogP contribution in [0.5, 0.6) is 5.75 Å². The molecule has 3 aromatic rings. The number of anilines is 2. The second-order valence-electron chi connectivity index (χ2n) is 6.78. The fraction of sp³-hybridized carbons (Fsp3) is 0.300. The van der Waals surface area contributed by atoms with Crippen LogP contribution in [0.25, 0.3) is 0 Å². The van der Waals surface area contributed by atoms with Crippen LogP contribution in [0.15, 0.2) is 53.1 Å². The SMILES string of the molecule is CCOc1ccc(NC(=O)c2cc3n(n2)[C@@H](C(F)(F)F)C[C@H](c2ccco2)N3)cc1. The number of fused-ring (bicyclic) bond motifs is 1. The lowest BCUT2D eigenvalue weighted by Crippen LogP contribution is -2.35. The first-order valence-electron chi connectivity index (χ1n) is 9.35. The summed E-state index contributed by atoms with van der Waals surface area (Å²) in [5.74, 6) is 0.520. The number of furan rings is 1. The van der Waals surface area contributed by atoms with E-state index in [0.29, 0.717) is 23.8 Å². The first kappa shape index (κ1) is 19.9. The number of nitrogens with zero attached hydrogens (tertiary/aromatic N) is 2. The number of aromatic nitrogens is 2. The summed E-state index contributed by atoms with van der Waals surface area (Å²) in [7, 11) is 0. The van der Waals surface area contributed by atoms with Crippen molar-refractivity contribution >= 4 is 17.4 Å². The summed E-state index contributed by atoms with van der Waals surface area (Å²) in [6, 6.07) is 8.62. The van der Waals surface area contributed by atoms with Gasteiger partial charge in [-0.15, -0.1) is 0 Å². The topological polar surface area (TPSA) is 81.3 Å². The molecule has 0 spiro atoms. The van der Waals surface area contributed by atoms with Gasteiger partial charge in [-0.2, -0.15) is 18.3 Å². The van der Waals surface area contributed by atoms with Crippen LogP contribution in [0.4, 0.5) is 24.7 Å². The number of hydrogen-bond acceptors (Lipinski definition) is 5. The molecule has 1 aromatic carbocycles. The first-order chi connectivity index (χ1) is 14.3. The van der Waals surface area contributed by atoms with Crippen molar-refractivity contribution in [2.24, 2.45) is 0 Å². The molecule has 158 valence electrons. The van der Waals surface area contributed by atoms with Gasteiger partial charge in [0.15, 0.2) is 11.7 Å². The Labute approximate surface area is 169 Å². The van der Waals surface area contributed by atoms with Crippen LogP contribution < -0.4 is 15.4 Å². The Bertz CT molecular complexity index is 1010. The molecule has 1 amide bonds. The normalized spacial score (nSPS) is 18.4. The van der Waals surface area contributed by atoms with Crippen LogP contribution >= 0.6 is 0 Å². The number of ether oxygens (including phenoxy) is 1. The molecule has 2 N–H and O–H groups in total. The molecule has 30 heavy (non-hydrogen) atoms. The van der Waals surface area contributed by atoms with Crippen molar-refractivity contribution in [1.29, 1.82) is 0 Å².